The number of ether oxygens (including phenoxy) is 2. The zero-order chi connectivity index (χ0) is 16.4. The van der Waals surface area contributed by atoms with Gasteiger partial charge in [-0.25, -0.2) is 8.78 Å². The van der Waals surface area contributed by atoms with Crippen molar-refractivity contribution in [1.29, 1.82) is 0 Å². The third-order valence-electron chi connectivity index (χ3n) is 5.63. The van der Waals surface area contributed by atoms with Crippen molar-refractivity contribution in [3.8, 4) is 0 Å². The number of rotatable bonds is 3. The van der Waals surface area contributed by atoms with Crippen LogP contribution in [0.3, 0.4) is 0 Å². The van der Waals surface area contributed by atoms with Gasteiger partial charge >= 0.3 is 0 Å². The van der Waals surface area contributed by atoms with E-state index in [2.05, 4.69) is 0 Å². The minimum atomic E-state index is -0.645. The summed E-state index contributed by atoms with van der Waals surface area (Å²) in [6.45, 7) is 2.68. The summed E-state index contributed by atoms with van der Waals surface area (Å²) >= 11 is 0. The summed E-state index contributed by atoms with van der Waals surface area (Å²) in [5.74, 6) is 0.939. The fourth-order valence-electron chi connectivity index (χ4n) is 3.85. The van der Waals surface area contributed by atoms with Crippen LogP contribution < -0.4 is 0 Å². The van der Waals surface area contributed by atoms with Gasteiger partial charge in [-0.15, -0.1) is 0 Å². The Morgan fingerprint density at radius 3 is 2.09 bits per heavy atom. The highest BCUT2D eigenvalue weighted by Crippen LogP contribution is 2.38. The summed E-state index contributed by atoms with van der Waals surface area (Å²) in [6, 6.07) is 4.05. The average molecular weight is 340 g/mol. The zero-order valence-corrected chi connectivity index (χ0v) is 16.0. The first kappa shape index (κ1) is 17.1. The van der Waals surface area contributed by atoms with Crippen molar-refractivity contribution in [3.63, 3.8) is 0 Å². The molecule has 0 amide bonds. The van der Waals surface area contributed by atoms with Crippen LogP contribution in [0.1, 0.15) is 43.1 Å². The maximum Gasteiger partial charge on any atom is 0.184 e. The molecule has 1 aliphatic heterocycles. The van der Waals surface area contributed by atoms with Crippen LogP contribution in [0.5, 0.6) is 0 Å². The summed E-state index contributed by atoms with van der Waals surface area (Å²) in [4.78, 5) is 0. The maximum atomic E-state index is 13.7. The zero-order valence-electron chi connectivity index (χ0n) is 14.0. The SMILES string of the molecule is Cc1c(F)cc(C2OCC(C3CCC(C[SiH3])CC3)CO2)cc1F. The first-order valence-electron chi connectivity index (χ1n) is 8.77. The molecule has 0 bridgehead atoms. The molecular formula is C18H26F2O2Si. The molecule has 2 nitrogen and oxygen atoms in total. The second kappa shape index (κ2) is 7.41. The topological polar surface area (TPSA) is 18.5 Å². The van der Waals surface area contributed by atoms with E-state index < -0.39 is 17.9 Å². The number of hydrogen-bond acceptors (Lipinski definition) is 2. The quantitative estimate of drug-likeness (QED) is 0.784. The fraction of sp³-hybridized carbons (Fsp3) is 0.667. The number of hydrogen-bond donors (Lipinski definition) is 0. The van der Waals surface area contributed by atoms with Crippen molar-refractivity contribution in [2.45, 2.75) is 44.9 Å². The molecule has 0 atom stereocenters. The van der Waals surface area contributed by atoms with E-state index in [-0.39, 0.29) is 5.56 Å². The molecular weight excluding hydrogens is 314 g/mol. The standard InChI is InChI=1S/C18H26F2O2Si/c1-11-16(19)6-14(7-17(11)20)18-21-8-15(9-22-18)13-4-2-12(10-23)3-5-13/h6-7,12-13,15,18H,2-5,8-10H2,1,23H3. The molecule has 3 rings (SSSR count). The predicted molar refractivity (Wildman–Crippen MR) is 89.4 cm³/mol. The van der Waals surface area contributed by atoms with E-state index in [1.807, 2.05) is 0 Å². The lowest BCUT2D eigenvalue weighted by Gasteiger charge is -2.37. The molecule has 1 aromatic carbocycles. The first-order chi connectivity index (χ1) is 11.1. The Labute approximate surface area is 140 Å². The molecule has 2 aliphatic rings. The highest BCUT2D eigenvalue weighted by atomic mass is 28.1. The van der Waals surface area contributed by atoms with Crippen LogP contribution in [-0.4, -0.2) is 23.5 Å². The Kier molecular flexibility index (Phi) is 5.49. The van der Waals surface area contributed by atoms with Gasteiger partial charge in [0.1, 0.15) is 11.6 Å². The van der Waals surface area contributed by atoms with E-state index >= 15 is 0 Å². The van der Waals surface area contributed by atoms with Crippen LogP contribution in [0, 0.1) is 36.3 Å². The van der Waals surface area contributed by atoms with Gasteiger partial charge in [-0.3, -0.25) is 0 Å². The normalized spacial score (nSPS) is 32.1. The van der Waals surface area contributed by atoms with Crippen molar-refractivity contribution in [2.75, 3.05) is 13.2 Å². The lowest BCUT2D eigenvalue weighted by Crippen LogP contribution is -2.34. The molecule has 1 saturated carbocycles. The van der Waals surface area contributed by atoms with Gasteiger partial charge in [0, 0.05) is 27.3 Å². The van der Waals surface area contributed by atoms with Crippen LogP contribution in [0.15, 0.2) is 12.1 Å². The lowest BCUT2D eigenvalue weighted by atomic mass is 9.76. The summed E-state index contributed by atoms with van der Waals surface area (Å²) in [5, 5.41) is 0. The van der Waals surface area contributed by atoms with Crippen molar-refractivity contribution < 1.29 is 18.3 Å². The minimum absolute atomic E-state index is 0.0400. The highest BCUT2D eigenvalue weighted by Gasteiger charge is 2.32. The Hall–Kier alpha value is -0.783. The van der Waals surface area contributed by atoms with Crippen LogP contribution in [-0.2, 0) is 9.47 Å². The second-order valence-electron chi connectivity index (χ2n) is 7.06. The Morgan fingerprint density at radius 1 is 1.00 bits per heavy atom. The molecule has 5 heteroatoms. The molecule has 0 aromatic heterocycles. The monoisotopic (exact) mass is 340 g/mol. The number of benzene rings is 1. The Morgan fingerprint density at radius 2 is 1.57 bits per heavy atom. The van der Waals surface area contributed by atoms with Crippen molar-refractivity contribution in [3.05, 3.63) is 34.9 Å². The summed E-state index contributed by atoms with van der Waals surface area (Å²) in [6.07, 6.45) is 4.56. The van der Waals surface area contributed by atoms with E-state index in [1.54, 1.807) is 0 Å². The van der Waals surface area contributed by atoms with E-state index in [0.29, 0.717) is 30.6 Å². The highest BCUT2D eigenvalue weighted by molar-refractivity contribution is 6.08. The van der Waals surface area contributed by atoms with E-state index in [1.165, 1.54) is 61.0 Å². The maximum absolute atomic E-state index is 13.7. The Balaban J connectivity index is 1.56. The Bertz CT molecular complexity index is 513. The number of halogens is 2. The van der Waals surface area contributed by atoms with Crippen molar-refractivity contribution >= 4 is 10.2 Å². The van der Waals surface area contributed by atoms with Gasteiger partial charge in [0.05, 0.1) is 13.2 Å². The minimum Gasteiger partial charge on any atom is -0.348 e. The average Bonchev–Trinajstić information content (AvgIpc) is 2.59. The molecule has 1 aromatic rings. The van der Waals surface area contributed by atoms with Crippen LogP contribution in [0.25, 0.3) is 0 Å². The summed E-state index contributed by atoms with van der Waals surface area (Å²) in [7, 11) is 1.30. The molecule has 1 saturated heterocycles. The largest absolute Gasteiger partial charge is 0.348 e. The molecule has 23 heavy (non-hydrogen) atoms. The van der Waals surface area contributed by atoms with Crippen molar-refractivity contribution in [1.82, 2.24) is 0 Å². The van der Waals surface area contributed by atoms with Gasteiger partial charge in [0.25, 0.3) is 0 Å². The van der Waals surface area contributed by atoms with Crippen LogP contribution >= 0.6 is 0 Å². The van der Waals surface area contributed by atoms with Gasteiger partial charge in [0.2, 0.25) is 0 Å². The second-order valence-corrected chi connectivity index (χ2v) is 7.87. The lowest BCUT2D eigenvalue weighted by molar-refractivity contribution is -0.214. The summed E-state index contributed by atoms with van der Waals surface area (Å²) in [5.41, 5.74) is 0.474. The van der Waals surface area contributed by atoms with Crippen LogP contribution in [0.4, 0.5) is 8.78 Å². The summed E-state index contributed by atoms with van der Waals surface area (Å²) < 4.78 is 38.9. The molecule has 2 fully saturated rings. The van der Waals surface area contributed by atoms with Gasteiger partial charge < -0.3 is 9.47 Å². The van der Waals surface area contributed by atoms with Crippen LogP contribution in [0.2, 0.25) is 6.04 Å². The molecule has 1 aliphatic carbocycles. The van der Waals surface area contributed by atoms with Gasteiger partial charge in [0.15, 0.2) is 6.29 Å². The van der Waals surface area contributed by atoms with E-state index in [0.717, 1.165) is 5.92 Å². The molecule has 1 heterocycles. The van der Waals surface area contributed by atoms with Gasteiger partial charge in [-0.1, -0.05) is 18.9 Å². The third-order valence-corrected chi connectivity index (χ3v) is 6.79. The molecule has 0 radical (unpaired) electrons. The van der Waals surface area contributed by atoms with Crippen molar-refractivity contribution in [2.24, 2.45) is 17.8 Å². The fourth-order valence-corrected chi connectivity index (χ4v) is 4.67. The predicted octanol–water partition coefficient (Wildman–Crippen LogP) is 3.52. The molecule has 0 N–H and O–H groups in total. The van der Waals surface area contributed by atoms with E-state index in [9.17, 15) is 8.78 Å². The first-order valence-corrected chi connectivity index (χ1v) is 10.2. The molecule has 128 valence electrons. The van der Waals surface area contributed by atoms with E-state index in [4.69, 9.17) is 9.47 Å². The smallest absolute Gasteiger partial charge is 0.184 e. The third kappa shape index (κ3) is 3.83. The molecule has 0 unspecified atom stereocenters. The molecule has 0 spiro atoms. The van der Waals surface area contributed by atoms with Gasteiger partial charge in [-0.05, 0) is 43.7 Å². The van der Waals surface area contributed by atoms with Gasteiger partial charge in [-0.2, -0.15) is 0 Å².